The van der Waals surface area contributed by atoms with Crippen LogP contribution in [-0.4, -0.2) is 54.1 Å². The highest BCUT2D eigenvalue weighted by Gasteiger charge is 2.08. The number of sulfone groups is 2. The Labute approximate surface area is 95.9 Å². The molecule has 1 radical (unpaired) electrons. The van der Waals surface area contributed by atoms with E-state index in [9.17, 15) is 21.4 Å². The fourth-order valence-electron chi connectivity index (χ4n) is 0.564. The Bertz CT molecular complexity index is 384. The Morgan fingerprint density at radius 1 is 0.875 bits per heavy atom. The van der Waals surface area contributed by atoms with Gasteiger partial charge < -0.3 is 0 Å². The van der Waals surface area contributed by atoms with Gasteiger partial charge in [0, 0.05) is 12.5 Å². The summed E-state index contributed by atoms with van der Waals surface area (Å²) in [6, 6.07) is 0. The molecule has 0 N–H and O–H groups in total. The lowest BCUT2D eigenvalue weighted by atomic mass is 10.9. The predicted molar refractivity (Wildman–Crippen MR) is 58.9 cm³/mol. The first-order valence-corrected chi connectivity index (χ1v) is 9.40. The van der Waals surface area contributed by atoms with Crippen LogP contribution in [0.25, 0.3) is 0 Å². The summed E-state index contributed by atoms with van der Waals surface area (Å²) in [7, 11) is -8.80. The Morgan fingerprint density at radius 3 is 1.44 bits per heavy atom. The average molecular weight is 293 g/mol. The van der Waals surface area contributed by atoms with Gasteiger partial charge >= 0.3 is 8.25 Å². The summed E-state index contributed by atoms with van der Waals surface area (Å²) < 4.78 is 62.7. The van der Waals surface area contributed by atoms with Gasteiger partial charge in [-0.25, -0.2) is 21.4 Å². The first kappa shape index (κ1) is 15.9. The van der Waals surface area contributed by atoms with Crippen LogP contribution >= 0.6 is 8.25 Å². The van der Waals surface area contributed by atoms with Gasteiger partial charge in [-0.15, -0.1) is 0 Å². The molecule has 0 bridgehead atoms. The maximum Gasteiger partial charge on any atom is 0.368 e. The molecule has 0 unspecified atom stereocenters. The van der Waals surface area contributed by atoms with Crippen LogP contribution in [0.2, 0.25) is 0 Å². The van der Waals surface area contributed by atoms with Gasteiger partial charge in [0.25, 0.3) is 0 Å². The van der Waals surface area contributed by atoms with Crippen LogP contribution in [0.1, 0.15) is 0 Å². The molecule has 0 heterocycles. The van der Waals surface area contributed by atoms with E-state index in [1.54, 1.807) is 0 Å². The van der Waals surface area contributed by atoms with Crippen LogP contribution in [-0.2, 0) is 33.3 Å². The van der Waals surface area contributed by atoms with Crippen LogP contribution in [0.5, 0.6) is 0 Å². The molecule has 0 aliphatic heterocycles. The van der Waals surface area contributed by atoms with E-state index in [0.29, 0.717) is 0 Å². The minimum absolute atomic E-state index is 0.243. The van der Waals surface area contributed by atoms with Crippen LogP contribution in [0.4, 0.5) is 0 Å². The summed E-state index contributed by atoms with van der Waals surface area (Å²) in [5.41, 5.74) is 0. The fraction of sp³-hybridized carbons (Fsp3) is 1.00. The van der Waals surface area contributed by atoms with E-state index >= 15 is 0 Å². The summed E-state index contributed by atoms with van der Waals surface area (Å²) in [5.74, 6) is -0.521. The lowest BCUT2D eigenvalue weighted by Gasteiger charge is -2.02. The Balaban J connectivity index is 3.69. The number of hydrogen-bond acceptors (Lipinski definition) is 7. The third kappa shape index (κ3) is 12.0. The minimum atomic E-state index is -3.17. The third-order valence-electron chi connectivity index (χ3n) is 1.30. The fourth-order valence-corrected chi connectivity index (χ4v) is 2.14. The first-order chi connectivity index (χ1) is 7.10. The standard InChI is InChI=1S/C6H14O7PS2/c1-15(8,9)5-3-12-14(7)13-4-6-16(2,10)11/h3-6H2,1-2H3. The molecule has 0 aliphatic rings. The molecule has 0 aromatic carbocycles. The molecular formula is C6H14O7PS2. The zero-order valence-corrected chi connectivity index (χ0v) is 11.5. The largest absolute Gasteiger partial charge is 0.368 e. The molecule has 0 aromatic rings. The van der Waals surface area contributed by atoms with Gasteiger partial charge in [0.1, 0.15) is 19.7 Å². The molecule has 10 heteroatoms. The molecular weight excluding hydrogens is 279 g/mol. The Hall–Kier alpha value is -0.0800. The molecule has 0 fully saturated rings. The highest BCUT2D eigenvalue weighted by Crippen LogP contribution is 2.23. The van der Waals surface area contributed by atoms with E-state index in [1.165, 1.54) is 0 Å². The third-order valence-corrected chi connectivity index (χ3v) is 3.90. The van der Waals surface area contributed by atoms with E-state index in [-0.39, 0.29) is 24.7 Å². The van der Waals surface area contributed by atoms with Crippen molar-refractivity contribution >= 4 is 27.9 Å². The van der Waals surface area contributed by atoms with E-state index in [2.05, 4.69) is 9.05 Å². The smallest absolute Gasteiger partial charge is 0.282 e. The summed E-state index contributed by atoms with van der Waals surface area (Å²) in [4.78, 5) is 0. The van der Waals surface area contributed by atoms with E-state index in [1.807, 2.05) is 0 Å². The van der Waals surface area contributed by atoms with Crippen molar-refractivity contribution in [2.45, 2.75) is 0 Å². The van der Waals surface area contributed by atoms with Gasteiger partial charge in [0.15, 0.2) is 0 Å². The summed E-state index contributed by atoms with van der Waals surface area (Å²) in [5, 5.41) is 0. The van der Waals surface area contributed by atoms with Gasteiger partial charge in [-0.3, -0.25) is 9.05 Å². The van der Waals surface area contributed by atoms with Gasteiger partial charge in [-0.1, -0.05) is 0 Å². The topological polar surface area (TPSA) is 104 Å². The van der Waals surface area contributed by atoms with Crippen molar-refractivity contribution in [2.75, 3.05) is 37.2 Å². The zero-order valence-electron chi connectivity index (χ0n) is 8.95. The van der Waals surface area contributed by atoms with Gasteiger partial charge in [0.2, 0.25) is 0 Å². The minimum Gasteiger partial charge on any atom is -0.282 e. The highest BCUT2D eigenvalue weighted by molar-refractivity contribution is 7.90. The molecule has 0 amide bonds. The van der Waals surface area contributed by atoms with Crippen LogP contribution < -0.4 is 0 Å². The van der Waals surface area contributed by atoms with Gasteiger partial charge in [-0.05, 0) is 0 Å². The summed E-state index contributed by atoms with van der Waals surface area (Å²) in [6.45, 7) is -0.486. The van der Waals surface area contributed by atoms with Crippen molar-refractivity contribution in [2.24, 2.45) is 0 Å². The normalized spacial score (nSPS) is 12.6. The second-order valence-electron chi connectivity index (χ2n) is 3.15. The summed E-state index contributed by atoms with van der Waals surface area (Å²) >= 11 is 0. The zero-order chi connectivity index (χ0) is 12.8. The van der Waals surface area contributed by atoms with E-state index in [4.69, 9.17) is 0 Å². The van der Waals surface area contributed by atoms with Crippen molar-refractivity contribution in [1.82, 2.24) is 0 Å². The molecule has 0 atom stereocenters. The molecule has 16 heavy (non-hydrogen) atoms. The van der Waals surface area contributed by atoms with Crippen molar-refractivity contribution < 1.29 is 30.4 Å². The second-order valence-corrected chi connectivity index (χ2v) is 8.63. The number of hydrogen-bond donors (Lipinski definition) is 0. The van der Waals surface area contributed by atoms with Gasteiger partial charge in [0.05, 0.1) is 24.7 Å². The number of rotatable bonds is 8. The quantitative estimate of drug-likeness (QED) is 0.569. The molecule has 0 saturated heterocycles. The SMILES string of the molecule is CS(=O)(=O)CCO[P](=O)OCCS(C)(=O)=O. The van der Waals surface area contributed by atoms with Crippen molar-refractivity contribution in [3.8, 4) is 0 Å². The summed E-state index contributed by atoms with van der Waals surface area (Å²) in [6.07, 6.45) is 2.04. The van der Waals surface area contributed by atoms with Crippen LogP contribution in [0, 0.1) is 0 Å². The highest BCUT2D eigenvalue weighted by atomic mass is 32.2. The average Bonchev–Trinajstić information content (AvgIpc) is 1.98. The Morgan fingerprint density at radius 2 is 1.19 bits per heavy atom. The molecule has 0 aliphatic carbocycles. The molecule has 0 saturated carbocycles. The van der Waals surface area contributed by atoms with Crippen LogP contribution in [0.3, 0.4) is 0 Å². The lowest BCUT2D eigenvalue weighted by molar-refractivity contribution is 0.244. The monoisotopic (exact) mass is 293 g/mol. The predicted octanol–water partition coefficient (Wildman–Crippen LogP) is -0.234. The van der Waals surface area contributed by atoms with Crippen molar-refractivity contribution in [3.63, 3.8) is 0 Å². The maximum atomic E-state index is 10.9. The molecule has 0 aromatic heterocycles. The first-order valence-electron chi connectivity index (χ1n) is 4.19. The van der Waals surface area contributed by atoms with E-state index < -0.39 is 27.9 Å². The van der Waals surface area contributed by atoms with Crippen LogP contribution in [0.15, 0.2) is 0 Å². The van der Waals surface area contributed by atoms with Crippen molar-refractivity contribution in [1.29, 1.82) is 0 Å². The molecule has 97 valence electrons. The molecule has 0 spiro atoms. The molecule has 0 rings (SSSR count). The Kier molecular flexibility index (Phi) is 6.57. The van der Waals surface area contributed by atoms with E-state index in [0.717, 1.165) is 12.5 Å². The lowest BCUT2D eigenvalue weighted by Crippen LogP contribution is -2.10. The molecule has 7 nitrogen and oxygen atoms in total. The van der Waals surface area contributed by atoms with Crippen molar-refractivity contribution in [3.05, 3.63) is 0 Å². The maximum absolute atomic E-state index is 10.9. The van der Waals surface area contributed by atoms with Gasteiger partial charge in [-0.2, -0.15) is 0 Å². The second kappa shape index (κ2) is 6.61.